The van der Waals surface area contributed by atoms with Crippen molar-refractivity contribution in [3.8, 4) is 0 Å². The van der Waals surface area contributed by atoms with Gasteiger partial charge < -0.3 is 14.4 Å². The molecule has 0 radical (unpaired) electrons. The van der Waals surface area contributed by atoms with Crippen LogP contribution in [0.5, 0.6) is 0 Å². The molecule has 3 rings (SSSR count). The van der Waals surface area contributed by atoms with Crippen LogP contribution in [-0.2, 0) is 11.2 Å². The molecule has 1 N–H and O–H groups in total. The largest absolute Gasteiger partial charge is 0.466 e. The average Bonchev–Trinajstić information content (AvgIpc) is 2.97. The highest BCUT2D eigenvalue weighted by Gasteiger charge is 2.36. The highest BCUT2D eigenvalue weighted by molar-refractivity contribution is 5.76. The van der Waals surface area contributed by atoms with Gasteiger partial charge in [0.1, 0.15) is 11.5 Å². The maximum atomic E-state index is 12.1. The maximum Gasteiger partial charge on any atom is 0.222 e. The fourth-order valence-corrected chi connectivity index (χ4v) is 3.21. The van der Waals surface area contributed by atoms with Gasteiger partial charge in [0.2, 0.25) is 5.91 Å². The molecule has 2 unspecified atom stereocenters. The third kappa shape index (κ3) is 3.49. The summed E-state index contributed by atoms with van der Waals surface area (Å²) in [6, 6.07) is 4.07. The summed E-state index contributed by atoms with van der Waals surface area (Å²) in [7, 11) is 1.85. The van der Waals surface area contributed by atoms with E-state index in [1.807, 2.05) is 13.1 Å². The van der Waals surface area contributed by atoms with Crippen LogP contribution in [0.1, 0.15) is 50.0 Å². The monoisotopic (exact) mass is 291 g/mol. The third-order valence-electron chi connectivity index (χ3n) is 4.91. The molecule has 2 atom stereocenters. The van der Waals surface area contributed by atoms with Gasteiger partial charge in [-0.25, -0.2) is 0 Å². The van der Waals surface area contributed by atoms with Crippen LogP contribution >= 0.6 is 0 Å². The molecule has 4 heteroatoms. The second-order valence-electron chi connectivity index (χ2n) is 6.89. The molecule has 2 saturated carbocycles. The predicted molar refractivity (Wildman–Crippen MR) is 79.9 cm³/mol. The van der Waals surface area contributed by atoms with Crippen molar-refractivity contribution in [1.29, 1.82) is 0 Å². The topological polar surface area (TPSA) is 53.7 Å². The van der Waals surface area contributed by atoms with Gasteiger partial charge in [0.25, 0.3) is 0 Å². The minimum atomic E-state index is -0.148. The van der Waals surface area contributed by atoms with Gasteiger partial charge in [-0.1, -0.05) is 6.92 Å². The first-order chi connectivity index (χ1) is 10.0. The summed E-state index contributed by atoms with van der Waals surface area (Å²) in [6.07, 6.45) is 3.92. The summed E-state index contributed by atoms with van der Waals surface area (Å²) in [5, 5.41) is 9.28. The van der Waals surface area contributed by atoms with E-state index in [9.17, 15) is 9.90 Å². The van der Waals surface area contributed by atoms with Gasteiger partial charge in [-0.05, 0) is 43.2 Å². The van der Waals surface area contributed by atoms with Crippen molar-refractivity contribution in [2.24, 2.45) is 11.8 Å². The Morgan fingerprint density at radius 1 is 1.38 bits per heavy atom. The van der Waals surface area contributed by atoms with E-state index >= 15 is 0 Å². The fourth-order valence-electron chi connectivity index (χ4n) is 3.21. The molecule has 1 aromatic rings. The van der Waals surface area contributed by atoms with E-state index in [1.54, 1.807) is 4.90 Å². The molecule has 1 heterocycles. The van der Waals surface area contributed by atoms with Crippen LogP contribution in [0.25, 0.3) is 0 Å². The first-order valence-corrected chi connectivity index (χ1v) is 8.03. The number of hydrogen-bond acceptors (Lipinski definition) is 3. The van der Waals surface area contributed by atoms with Gasteiger partial charge >= 0.3 is 0 Å². The Balaban J connectivity index is 1.41. The molecular weight excluding hydrogens is 266 g/mol. The minimum absolute atomic E-state index is 0.148. The lowest BCUT2D eigenvalue weighted by Gasteiger charge is -2.34. The number of aryl methyl sites for hydroxylation is 1. The van der Waals surface area contributed by atoms with Crippen LogP contribution in [0.4, 0.5) is 0 Å². The van der Waals surface area contributed by atoms with Gasteiger partial charge in [0.15, 0.2) is 0 Å². The Bertz CT molecular complexity index is 504. The van der Waals surface area contributed by atoms with Gasteiger partial charge in [-0.2, -0.15) is 0 Å². The lowest BCUT2D eigenvalue weighted by Crippen LogP contribution is -2.39. The summed E-state index contributed by atoms with van der Waals surface area (Å²) in [4.78, 5) is 13.9. The van der Waals surface area contributed by atoms with Crippen LogP contribution in [0.3, 0.4) is 0 Å². The van der Waals surface area contributed by atoms with E-state index in [0.29, 0.717) is 24.7 Å². The molecule has 0 aliphatic heterocycles. The summed E-state index contributed by atoms with van der Waals surface area (Å²) in [6.45, 7) is 3.00. The lowest BCUT2D eigenvalue weighted by atomic mass is 9.82. The molecule has 0 bridgehead atoms. The Morgan fingerprint density at radius 3 is 2.71 bits per heavy atom. The number of furan rings is 1. The molecule has 2 fully saturated rings. The van der Waals surface area contributed by atoms with Crippen molar-refractivity contribution in [1.82, 2.24) is 4.90 Å². The quantitative estimate of drug-likeness (QED) is 0.876. The number of nitrogens with zero attached hydrogens (tertiary/aromatic N) is 1. The third-order valence-corrected chi connectivity index (χ3v) is 4.91. The molecule has 21 heavy (non-hydrogen) atoms. The summed E-state index contributed by atoms with van der Waals surface area (Å²) < 4.78 is 5.83. The molecular formula is C17H25NO3. The van der Waals surface area contributed by atoms with Gasteiger partial charge in [-0.15, -0.1) is 0 Å². The number of aliphatic hydroxyl groups is 1. The zero-order chi connectivity index (χ0) is 15.0. The van der Waals surface area contributed by atoms with Crippen molar-refractivity contribution in [3.05, 3.63) is 23.7 Å². The number of aliphatic hydroxyl groups excluding tert-OH is 1. The lowest BCUT2D eigenvalue weighted by molar-refractivity contribution is -0.131. The minimum Gasteiger partial charge on any atom is -0.466 e. The molecule has 0 saturated heterocycles. The standard InChI is InChI=1S/C17H25NO3/c1-11-7-15(11)16-5-3-14(21-16)4-6-17(20)18(2)10-12-8-13(19)9-12/h3,5,11-13,15,19H,4,6-10H2,1-2H3. The average molecular weight is 291 g/mol. The maximum absolute atomic E-state index is 12.1. The number of carbonyl (C=O) groups is 1. The summed E-state index contributed by atoms with van der Waals surface area (Å²) in [5.74, 6) is 3.98. The smallest absolute Gasteiger partial charge is 0.222 e. The Hall–Kier alpha value is -1.29. The first-order valence-electron chi connectivity index (χ1n) is 8.03. The highest BCUT2D eigenvalue weighted by atomic mass is 16.3. The second-order valence-corrected chi connectivity index (χ2v) is 6.89. The van der Waals surface area contributed by atoms with E-state index in [2.05, 4.69) is 13.0 Å². The zero-order valence-corrected chi connectivity index (χ0v) is 12.9. The van der Waals surface area contributed by atoms with Crippen LogP contribution in [-0.4, -0.2) is 35.6 Å². The predicted octanol–water partition coefficient (Wildman–Crippen LogP) is 2.56. The Labute approximate surface area is 126 Å². The summed E-state index contributed by atoms with van der Waals surface area (Å²) in [5.41, 5.74) is 0. The van der Waals surface area contributed by atoms with Crippen molar-refractivity contribution >= 4 is 5.91 Å². The van der Waals surface area contributed by atoms with Crippen LogP contribution in [0.2, 0.25) is 0 Å². The molecule has 0 spiro atoms. The normalized spacial score (nSPS) is 30.8. The van der Waals surface area contributed by atoms with E-state index < -0.39 is 0 Å². The number of rotatable bonds is 6. The summed E-state index contributed by atoms with van der Waals surface area (Å²) >= 11 is 0. The first kappa shape index (κ1) is 14.6. The molecule has 0 aromatic carbocycles. The molecule has 1 amide bonds. The second kappa shape index (κ2) is 5.84. The van der Waals surface area contributed by atoms with Gasteiger partial charge in [0.05, 0.1) is 6.10 Å². The van der Waals surface area contributed by atoms with E-state index in [-0.39, 0.29) is 12.0 Å². The van der Waals surface area contributed by atoms with Gasteiger partial charge in [0, 0.05) is 32.4 Å². The molecule has 2 aliphatic carbocycles. The van der Waals surface area contributed by atoms with Crippen molar-refractivity contribution < 1.29 is 14.3 Å². The van der Waals surface area contributed by atoms with E-state index in [4.69, 9.17) is 4.42 Å². The van der Waals surface area contributed by atoms with Crippen LogP contribution in [0.15, 0.2) is 16.5 Å². The van der Waals surface area contributed by atoms with Crippen LogP contribution in [0, 0.1) is 11.8 Å². The number of amides is 1. The SMILES string of the molecule is CC1CC1c1ccc(CCC(=O)N(C)CC2CC(O)C2)o1. The molecule has 2 aliphatic rings. The van der Waals surface area contributed by atoms with Crippen LogP contribution < -0.4 is 0 Å². The fraction of sp³-hybridized carbons (Fsp3) is 0.706. The van der Waals surface area contributed by atoms with Gasteiger partial charge in [-0.3, -0.25) is 4.79 Å². The van der Waals surface area contributed by atoms with Crippen molar-refractivity contribution in [2.75, 3.05) is 13.6 Å². The van der Waals surface area contributed by atoms with Crippen molar-refractivity contribution in [3.63, 3.8) is 0 Å². The number of hydrogen-bond donors (Lipinski definition) is 1. The highest BCUT2D eigenvalue weighted by Crippen LogP contribution is 2.47. The Morgan fingerprint density at radius 2 is 2.10 bits per heavy atom. The Kier molecular flexibility index (Phi) is 4.07. The molecule has 116 valence electrons. The van der Waals surface area contributed by atoms with Crippen molar-refractivity contribution in [2.45, 2.75) is 51.0 Å². The molecule has 4 nitrogen and oxygen atoms in total. The van der Waals surface area contributed by atoms with E-state index in [1.165, 1.54) is 6.42 Å². The van der Waals surface area contributed by atoms with E-state index in [0.717, 1.165) is 36.8 Å². The molecule has 1 aromatic heterocycles. The zero-order valence-electron chi connectivity index (χ0n) is 12.9. The number of carbonyl (C=O) groups excluding carboxylic acids is 1.